The number of aromatic nitrogens is 4. The van der Waals surface area contributed by atoms with Crippen LogP contribution in [0.2, 0.25) is 0 Å². The molecule has 2 aromatic carbocycles. The van der Waals surface area contributed by atoms with Crippen LogP contribution < -0.4 is 0 Å². The van der Waals surface area contributed by atoms with Crippen LogP contribution in [0, 0.1) is 0 Å². The highest BCUT2D eigenvalue weighted by molar-refractivity contribution is 7.99. The monoisotopic (exact) mass is 432 g/mol. The van der Waals surface area contributed by atoms with Gasteiger partial charge in [0, 0.05) is 25.1 Å². The molecule has 0 saturated heterocycles. The van der Waals surface area contributed by atoms with E-state index in [2.05, 4.69) is 15.2 Å². The van der Waals surface area contributed by atoms with Gasteiger partial charge in [-0.25, -0.2) is 15.0 Å². The molecule has 8 nitrogen and oxygen atoms in total. The van der Waals surface area contributed by atoms with Gasteiger partial charge < -0.3 is 4.74 Å². The summed E-state index contributed by atoms with van der Waals surface area (Å²) >= 11 is 1.33. The van der Waals surface area contributed by atoms with Gasteiger partial charge in [0.25, 0.3) is 5.91 Å². The second-order valence-corrected chi connectivity index (χ2v) is 8.04. The van der Waals surface area contributed by atoms with Crippen LogP contribution in [-0.2, 0) is 16.1 Å². The van der Waals surface area contributed by atoms with Gasteiger partial charge in [-0.15, -0.1) is 5.10 Å². The number of ether oxygens (including phenoxy) is 1. The Kier molecular flexibility index (Phi) is 5.35. The van der Waals surface area contributed by atoms with Crippen LogP contribution in [0.1, 0.15) is 23.9 Å². The standard InChI is InChI=1S/C22H20N6O2S/c1-30-13-19-25-21-16-9-5-6-10-17(16)24-22(28(21)26-19)31-14-20(29)27-18(11-12-23-27)15-7-3-2-4-8-15/h2-10,12,18H,11,13-14H2,1H3/t18-/m0/s1. The molecule has 0 bridgehead atoms. The van der Waals surface area contributed by atoms with E-state index in [-0.39, 0.29) is 17.7 Å². The first-order valence-corrected chi connectivity index (χ1v) is 10.9. The number of thioether (sulfide) groups is 1. The maximum Gasteiger partial charge on any atom is 0.253 e. The number of hydrogen-bond acceptors (Lipinski definition) is 7. The molecule has 0 saturated carbocycles. The van der Waals surface area contributed by atoms with Crippen molar-refractivity contribution in [3.63, 3.8) is 0 Å². The fraction of sp³-hybridized carbons (Fsp3) is 0.227. The Morgan fingerprint density at radius 3 is 2.77 bits per heavy atom. The van der Waals surface area contributed by atoms with Gasteiger partial charge in [-0.2, -0.15) is 9.62 Å². The van der Waals surface area contributed by atoms with Gasteiger partial charge in [-0.05, 0) is 17.7 Å². The molecule has 31 heavy (non-hydrogen) atoms. The average molecular weight is 433 g/mol. The molecule has 1 aliphatic heterocycles. The van der Waals surface area contributed by atoms with E-state index in [1.807, 2.05) is 54.6 Å². The molecular weight excluding hydrogens is 412 g/mol. The number of para-hydroxylation sites is 1. The van der Waals surface area contributed by atoms with Gasteiger partial charge in [0.15, 0.2) is 16.6 Å². The Hall–Kier alpha value is -3.30. The van der Waals surface area contributed by atoms with Crippen LogP contribution >= 0.6 is 11.8 Å². The maximum absolute atomic E-state index is 13.0. The van der Waals surface area contributed by atoms with E-state index < -0.39 is 0 Å². The topological polar surface area (TPSA) is 85.0 Å². The average Bonchev–Trinajstić information content (AvgIpc) is 3.46. The SMILES string of the molecule is COCc1nc2c3ccccc3nc(SCC(=O)N3N=CC[C@H]3c3ccccc3)n2n1. The highest BCUT2D eigenvalue weighted by Gasteiger charge is 2.28. The molecule has 9 heteroatoms. The summed E-state index contributed by atoms with van der Waals surface area (Å²) in [6.07, 6.45) is 2.50. The molecule has 1 atom stereocenters. The largest absolute Gasteiger partial charge is 0.377 e. The molecule has 0 N–H and O–H groups in total. The van der Waals surface area contributed by atoms with E-state index in [9.17, 15) is 4.79 Å². The first kappa shape index (κ1) is 19.7. The van der Waals surface area contributed by atoms with Gasteiger partial charge >= 0.3 is 0 Å². The Bertz CT molecular complexity index is 1270. The molecule has 156 valence electrons. The summed E-state index contributed by atoms with van der Waals surface area (Å²) in [6.45, 7) is 0.306. The molecule has 0 radical (unpaired) electrons. The summed E-state index contributed by atoms with van der Waals surface area (Å²) < 4.78 is 6.88. The number of carbonyl (C=O) groups is 1. The summed E-state index contributed by atoms with van der Waals surface area (Å²) in [7, 11) is 1.61. The normalized spacial score (nSPS) is 15.9. The van der Waals surface area contributed by atoms with Crippen LogP contribution in [0.25, 0.3) is 16.6 Å². The second kappa shape index (κ2) is 8.44. The number of benzene rings is 2. The van der Waals surface area contributed by atoms with Gasteiger partial charge in [0.2, 0.25) is 0 Å². The summed E-state index contributed by atoms with van der Waals surface area (Å²) in [4.78, 5) is 22.3. The number of nitrogens with zero attached hydrogens (tertiary/aromatic N) is 6. The van der Waals surface area contributed by atoms with Gasteiger partial charge in [-0.3, -0.25) is 4.79 Å². The summed E-state index contributed by atoms with van der Waals surface area (Å²) in [6, 6.07) is 17.7. The van der Waals surface area contributed by atoms with Crippen LogP contribution in [0.4, 0.5) is 0 Å². The predicted molar refractivity (Wildman–Crippen MR) is 119 cm³/mol. The molecule has 3 heterocycles. The lowest BCUT2D eigenvalue weighted by molar-refractivity contribution is -0.130. The lowest BCUT2D eigenvalue weighted by Crippen LogP contribution is -2.28. The van der Waals surface area contributed by atoms with Crippen LogP contribution in [0.5, 0.6) is 0 Å². The number of hydrazone groups is 1. The molecule has 0 unspecified atom stereocenters. The highest BCUT2D eigenvalue weighted by Crippen LogP contribution is 2.30. The van der Waals surface area contributed by atoms with Crippen molar-refractivity contribution in [2.75, 3.05) is 12.9 Å². The minimum absolute atomic E-state index is 0.0708. The van der Waals surface area contributed by atoms with Crippen LogP contribution in [0.15, 0.2) is 64.9 Å². The Labute approximate surface area is 182 Å². The molecule has 1 aliphatic rings. The first-order chi connectivity index (χ1) is 15.2. The zero-order valence-corrected chi connectivity index (χ0v) is 17.7. The number of fused-ring (bicyclic) bond motifs is 3. The molecule has 2 aromatic heterocycles. The van der Waals surface area contributed by atoms with Crippen LogP contribution in [0.3, 0.4) is 0 Å². The lowest BCUT2D eigenvalue weighted by Gasteiger charge is -2.22. The van der Waals surface area contributed by atoms with E-state index in [1.165, 1.54) is 11.8 Å². The number of amides is 1. The molecule has 0 aliphatic carbocycles. The predicted octanol–water partition coefficient (Wildman–Crippen LogP) is 3.48. The number of methoxy groups -OCH3 is 1. The number of rotatable bonds is 6. The van der Waals surface area contributed by atoms with Gasteiger partial charge in [0.1, 0.15) is 6.61 Å². The molecule has 0 spiro atoms. The van der Waals surface area contributed by atoms with E-state index in [1.54, 1.807) is 22.8 Å². The van der Waals surface area contributed by atoms with E-state index in [0.29, 0.717) is 29.7 Å². The van der Waals surface area contributed by atoms with Crippen molar-refractivity contribution >= 4 is 40.4 Å². The molecule has 4 aromatic rings. The number of carbonyl (C=O) groups excluding carboxylic acids is 1. The maximum atomic E-state index is 13.0. The molecule has 5 rings (SSSR count). The fourth-order valence-electron chi connectivity index (χ4n) is 3.66. The Balaban J connectivity index is 1.42. The third kappa shape index (κ3) is 3.77. The smallest absolute Gasteiger partial charge is 0.253 e. The summed E-state index contributed by atoms with van der Waals surface area (Å²) in [5, 5.41) is 11.9. The number of hydrogen-bond donors (Lipinski definition) is 0. The third-order valence-corrected chi connectivity index (χ3v) is 5.97. The van der Waals surface area contributed by atoms with E-state index >= 15 is 0 Å². The fourth-order valence-corrected chi connectivity index (χ4v) is 4.45. The summed E-state index contributed by atoms with van der Waals surface area (Å²) in [5.74, 6) is 0.690. The Morgan fingerprint density at radius 2 is 1.94 bits per heavy atom. The minimum Gasteiger partial charge on any atom is -0.377 e. The van der Waals surface area contributed by atoms with Crippen molar-refractivity contribution in [2.24, 2.45) is 5.10 Å². The second-order valence-electron chi connectivity index (χ2n) is 7.10. The van der Waals surface area contributed by atoms with E-state index in [0.717, 1.165) is 16.5 Å². The molecular formula is C22H20N6O2S. The van der Waals surface area contributed by atoms with Crippen molar-refractivity contribution in [1.29, 1.82) is 0 Å². The first-order valence-electron chi connectivity index (χ1n) is 9.90. The van der Waals surface area contributed by atoms with Gasteiger partial charge in [0.05, 0.1) is 17.3 Å². The van der Waals surface area contributed by atoms with Crippen molar-refractivity contribution in [1.82, 2.24) is 24.6 Å². The zero-order valence-electron chi connectivity index (χ0n) is 16.9. The van der Waals surface area contributed by atoms with Crippen molar-refractivity contribution < 1.29 is 9.53 Å². The Morgan fingerprint density at radius 1 is 1.13 bits per heavy atom. The van der Waals surface area contributed by atoms with E-state index in [4.69, 9.17) is 9.72 Å². The lowest BCUT2D eigenvalue weighted by atomic mass is 10.0. The summed E-state index contributed by atoms with van der Waals surface area (Å²) in [5.41, 5.74) is 2.58. The molecule has 1 amide bonds. The highest BCUT2D eigenvalue weighted by atomic mass is 32.2. The third-order valence-electron chi connectivity index (χ3n) is 5.06. The van der Waals surface area contributed by atoms with Gasteiger partial charge in [-0.1, -0.05) is 54.2 Å². The quantitative estimate of drug-likeness (QED) is 0.343. The minimum atomic E-state index is -0.0760. The van der Waals surface area contributed by atoms with Crippen LogP contribution in [-0.4, -0.2) is 49.6 Å². The molecule has 0 fully saturated rings. The zero-order chi connectivity index (χ0) is 21.2. The van der Waals surface area contributed by atoms with Crippen molar-refractivity contribution in [3.8, 4) is 0 Å². The van der Waals surface area contributed by atoms with Crippen molar-refractivity contribution in [3.05, 3.63) is 66.0 Å². The van der Waals surface area contributed by atoms with Crippen molar-refractivity contribution in [2.45, 2.75) is 24.2 Å².